The van der Waals surface area contributed by atoms with Gasteiger partial charge in [0, 0.05) is 31.8 Å². The third kappa shape index (κ3) is 8.10. The molecule has 2 saturated carbocycles. The minimum Gasteiger partial charge on any atom is -0.415 e. The van der Waals surface area contributed by atoms with E-state index in [0.717, 1.165) is 36.8 Å². The van der Waals surface area contributed by atoms with Crippen molar-refractivity contribution in [2.24, 2.45) is 0 Å². The van der Waals surface area contributed by atoms with Crippen molar-refractivity contribution >= 4 is 11.9 Å². The van der Waals surface area contributed by atoms with Crippen molar-refractivity contribution in [1.82, 2.24) is 40.3 Å². The summed E-state index contributed by atoms with van der Waals surface area (Å²) in [5.41, 5.74) is 2.09. The number of rotatable bonds is 10. The summed E-state index contributed by atoms with van der Waals surface area (Å²) in [5, 5.41) is 16.9. The number of nitrogens with one attached hydrogen (secondary N) is 1. The lowest BCUT2D eigenvalue weighted by atomic mass is 10.0. The van der Waals surface area contributed by atoms with Gasteiger partial charge in [0.25, 0.3) is 23.6 Å². The number of halogens is 6. The van der Waals surface area contributed by atoms with E-state index in [2.05, 4.69) is 45.6 Å². The van der Waals surface area contributed by atoms with E-state index in [-0.39, 0.29) is 49.3 Å². The van der Waals surface area contributed by atoms with Gasteiger partial charge in [-0.15, -0.1) is 20.4 Å². The first-order valence-electron chi connectivity index (χ1n) is 15.5. The Morgan fingerprint density at radius 3 is 1.45 bits per heavy atom. The maximum absolute atomic E-state index is 13.2. The Balaban J connectivity index is 0.000000197. The highest BCUT2D eigenvalue weighted by Gasteiger charge is 2.49. The molecule has 2 aliphatic rings. The van der Waals surface area contributed by atoms with Gasteiger partial charge in [0.15, 0.2) is 0 Å². The first kappa shape index (κ1) is 38.3. The van der Waals surface area contributed by atoms with E-state index in [0.29, 0.717) is 23.0 Å². The summed E-state index contributed by atoms with van der Waals surface area (Å²) in [6, 6.07) is 12.7. The third-order valence-electron chi connectivity index (χ3n) is 8.58. The van der Waals surface area contributed by atoms with Crippen LogP contribution in [0.15, 0.2) is 82.2 Å². The van der Waals surface area contributed by atoms with E-state index in [1.165, 1.54) is 49.1 Å². The van der Waals surface area contributed by atoms with Gasteiger partial charge in [-0.3, -0.25) is 0 Å². The summed E-state index contributed by atoms with van der Waals surface area (Å²) in [5.74, 6) is -1.35. The van der Waals surface area contributed by atoms with Crippen LogP contribution >= 0.6 is 0 Å². The van der Waals surface area contributed by atoms with Gasteiger partial charge < -0.3 is 19.1 Å². The second kappa shape index (κ2) is 15.3. The molecule has 6 aromatic rings. The molecular formula is C35H34F6N10O2. The van der Waals surface area contributed by atoms with Crippen molar-refractivity contribution < 1.29 is 35.2 Å². The molecule has 4 heterocycles. The average Bonchev–Trinajstić information content (AvgIpc) is 3.99. The Labute approximate surface area is 299 Å². The van der Waals surface area contributed by atoms with E-state index in [1.807, 2.05) is 11.9 Å². The van der Waals surface area contributed by atoms with Gasteiger partial charge in [-0.25, -0.2) is 28.7 Å². The molecule has 0 spiro atoms. The molecule has 1 N–H and O–H groups in total. The zero-order valence-corrected chi connectivity index (χ0v) is 26.5. The lowest BCUT2D eigenvalue weighted by Gasteiger charge is -2.28. The number of alkyl halides is 4. The van der Waals surface area contributed by atoms with Crippen molar-refractivity contribution in [3.63, 3.8) is 0 Å². The summed E-state index contributed by atoms with van der Waals surface area (Å²) in [6.45, 7) is 0. The Morgan fingerprint density at radius 1 is 0.623 bits per heavy atom. The molecule has 0 unspecified atom stereocenters. The van der Waals surface area contributed by atoms with Crippen LogP contribution in [0.5, 0.6) is 0 Å². The summed E-state index contributed by atoms with van der Waals surface area (Å²) in [6.07, 6.45) is 3.64. The average molecular weight is 741 g/mol. The lowest BCUT2D eigenvalue weighted by molar-refractivity contribution is 0.115. The van der Waals surface area contributed by atoms with Crippen LogP contribution in [0.4, 0.5) is 38.2 Å². The molecule has 18 heteroatoms. The van der Waals surface area contributed by atoms with Crippen LogP contribution in [-0.2, 0) is 11.1 Å². The van der Waals surface area contributed by atoms with Crippen LogP contribution in [-0.4, -0.2) is 47.4 Å². The van der Waals surface area contributed by atoms with Crippen LogP contribution in [0.25, 0.3) is 22.9 Å². The topological polar surface area (TPSA) is 145 Å². The fourth-order valence-electron chi connectivity index (χ4n) is 5.47. The standard InChI is InChI=1S/C17H14F3N5O.C16H12F3N5O.2CH4/c1-25(17(6-7-17)11-2-4-12(18)5-3-11)16-21-8-10(9-22-16)14-23-24-15(26-14)13(19)20;17-11-3-1-10(2-4-11)16(5-6-16)22-15-20-7-9(8-21-15)13-23-24-14(25-13)12(18)19;;/h2-5,8-9,13H,6-7H2,1H3;1-4,7-8,12H,5-6H2,(H,20,21,22);2*1H4. The maximum atomic E-state index is 13.2. The fraction of sp³-hybridized carbons (Fsp3) is 0.314. The summed E-state index contributed by atoms with van der Waals surface area (Å²) >= 11 is 0. The van der Waals surface area contributed by atoms with Crippen molar-refractivity contribution in [2.45, 2.75) is 64.5 Å². The van der Waals surface area contributed by atoms with Crippen LogP contribution < -0.4 is 10.2 Å². The van der Waals surface area contributed by atoms with E-state index in [4.69, 9.17) is 8.83 Å². The van der Waals surface area contributed by atoms with Crippen LogP contribution in [0, 0.1) is 11.6 Å². The Kier molecular flexibility index (Phi) is 11.1. The third-order valence-corrected chi connectivity index (χ3v) is 8.58. The molecule has 4 aromatic heterocycles. The van der Waals surface area contributed by atoms with Crippen molar-refractivity contribution in [3.8, 4) is 22.9 Å². The molecule has 0 bridgehead atoms. The number of aromatic nitrogens is 8. The largest absolute Gasteiger partial charge is 0.415 e. The Hall–Kier alpha value is -5.94. The van der Waals surface area contributed by atoms with Crippen LogP contribution in [0.1, 0.15) is 76.3 Å². The zero-order chi connectivity index (χ0) is 35.8. The molecule has 53 heavy (non-hydrogen) atoms. The van der Waals surface area contributed by atoms with Crippen molar-refractivity contribution in [1.29, 1.82) is 0 Å². The van der Waals surface area contributed by atoms with Gasteiger partial charge in [-0.1, -0.05) is 39.1 Å². The van der Waals surface area contributed by atoms with E-state index in [1.54, 1.807) is 24.3 Å². The SMILES string of the molecule is C.C.CN(c1ncc(-c2nnc(C(F)F)o2)cn1)C1(c2ccc(F)cc2)CC1.Fc1ccc(C2(Nc3ncc(-c4nnc(C(F)F)o4)cn3)CC2)cc1. The fourth-order valence-corrected chi connectivity index (χ4v) is 5.47. The van der Waals surface area contributed by atoms with Gasteiger partial charge in [-0.05, 0) is 61.1 Å². The number of hydrogen-bond donors (Lipinski definition) is 1. The van der Waals surface area contributed by atoms with E-state index < -0.39 is 24.6 Å². The highest BCUT2D eigenvalue weighted by Crippen LogP contribution is 2.51. The van der Waals surface area contributed by atoms with Gasteiger partial charge in [0.2, 0.25) is 11.9 Å². The normalized spacial score (nSPS) is 14.7. The maximum Gasteiger partial charge on any atom is 0.314 e. The number of nitrogens with zero attached hydrogens (tertiary/aromatic N) is 9. The minimum absolute atomic E-state index is 0. The predicted octanol–water partition coefficient (Wildman–Crippen LogP) is 8.71. The monoisotopic (exact) mass is 740 g/mol. The molecule has 278 valence electrons. The number of anilines is 2. The molecule has 8 rings (SSSR count). The zero-order valence-electron chi connectivity index (χ0n) is 26.5. The Morgan fingerprint density at radius 2 is 1.06 bits per heavy atom. The van der Waals surface area contributed by atoms with Crippen LogP contribution in [0.2, 0.25) is 0 Å². The highest BCUT2D eigenvalue weighted by molar-refractivity contribution is 5.53. The van der Waals surface area contributed by atoms with Gasteiger partial charge >= 0.3 is 12.9 Å². The lowest BCUT2D eigenvalue weighted by Crippen LogP contribution is -2.32. The first-order valence-corrected chi connectivity index (χ1v) is 15.5. The number of hydrogen-bond acceptors (Lipinski definition) is 12. The van der Waals surface area contributed by atoms with Gasteiger partial charge in [0.1, 0.15) is 11.6 Å². The molecule has 0 atom stereocenters. The number of benzene rings is 2. The second-order valence-electron chi connectivity index (χ2n) is 11.9. The van der Waals surface area contributed by atoms with Gasteiger partial charge in [-0.2, -0.15) is 17.6 Å². The predicted molar refractivity (Wildman–Crippen MR) is 181 cm³/mol. The molecule has 12 nitrogen and oxygen atoms in total. The molecule has 0 aliphatic heterocycles. The first-order chi connectivity index (χ1) is 24.5. The molecule has 2 aliphatic carbocycles. The smallest absolute Gasteiger partial charge is 0.314 e. The van der Waals surface area contributed by atoms with E-state index >= 15 is 0 Å². The molecule has 0 radical (unpaired) electrons. The van der Waals surface area contributed by atoms with E-state index in [9.17, 15) is 26.3 Å². The summed E-state index contributed by atoms with van der Waals surface area (Å²) < 4.78 is 86.0. The van der Waals surface area contributed by atoms with Crippen LogP contribution in [0.3, 0.4) is 0 Å². The quantitative estimate of drug-likeness (QED) is 0.134. The highest BCUT2D eigenvalue weighted by atomic mass is 19.3. The molecule has 0 saturated heterocycles. The summed E-state index contributed by atoms with van der Waals surface area (Å²) in [4.78, 5) is 18.8. The molecular weight excluding hydrogens is 706 g/mol. The van der Waals surface area contributed by atoms with Gasteiger partial charge in [0.05, 0.1) is 22.2 Å². The minimum atomic E-state index is -2.83. The molecule has 2 fully saturated rings. The Bertz CT molecular complexity index is 2090. The van der Waals surface area contributed by atoms with Crippen molar-refractivity contribution in [3.05, 3.63) is 108 Å². The molecule has 0 amide bonds. The molecule has 2 aromatic carbocycles. The van der Waals surface area contributed by atoms with Crippen molar-refractivity contribution in [2.75, 3.05) is 17.3 Å². The summed E-state index contributed by atoms with van der Waals surface area (Å²) in [7, 11) is 1.87. The second-order valence-corrected chi connectivity index (χ2v) is 11.9.